The summed E-state index contributed by atoms with van der Waals surface area (Å²) in [7, 11) is -3.25. The average Bonchev–Trinajstić information content (AvgIpc) is 3.58. The van der Waals surface area contributed by atoms with Crippen LogP contribution in [0.15, 0.2) is 59.6 Å². The van der Waals surface area contributed by atoms with Gasteiger partial charge in [-0.15, -0.1) is 0 Å². The number of nitrogens with one attached hydrogen (secondary N) is 1. The number of alkyl halides is 1. The third kappa shape index (κ3) is 6.76. The van der Waals surface area contributed by atoms with Crippen molar-refractivity contribution in [1.29, 1.82) is 0 Å². The molecule has 3 aromatic rings. The molecule has 0 amide bonds. The van der Waals surface area contributed by atoms with E-state index in [4.69, 9.17) is 0 Å². The molecule has 192 valence electrons. The van der Waals surface area contributed by atoms with E-state index in [-0.39, 0.29) is 16.6 Å². The second-order valence-corrected chi connectivity index (χ2v) is 11.0. The standard InChI is InChI=1S/C24H28FN3O2S.C2H6.CH3F/c1-16-9-13-18(14-10-16)31(29,30)27-22(17-11-12-17)20-15-26-28(24(2,3)4)23(20)19-7-5-6-8-21(19)25;2*1-2/h5-10,13-15,17,22,27H,11-12H2,1-4H3;1-2H3;1H3. The maximum Gasteiger partial charge on any atom is 0.241 e. The highest BCUT2D eigenvalue weighted by molar-refractivity contribution is 7.89. The highest BCUT2D eigenvalue weighted by Gasteiger charge is 2.39. The van der Waals surface area contributed by atoms with Crippen LogP contribution < -0.4 is 4.72 Å². The number of hydrogen-bond donors (Lipinski definition) is 1. The second kappa shape index (κ2) is 11.9. The number of benzene rings is 2. The lowest BCUT2D eigenvalue weighted by atomic mass is 9.98. The van der Waals surface area contributed by atoms with Crippen molar-refractivity contribution in [2.45, 2.75) is 70.9 Å². The van der Waals surface area contributed by atoms with Gasteiger partial charge in [0.2, 0.25) is 10.0 Å². The third-order valence-electron chi connectivity index (χ3n) is 5.60. The summed E-state index contributed by atoms with van der Waals surface area (Å²) in [6.07, 6.45) is 3.52. The van der Waals surface area contributed by atoms with Crippen LogP contribution in [0.5, 0.6) is 0 Å². The van der Waals surface area contributed by atoms with E-state index < -0.39 is 21.6 Å². The Bertz CT molecular complexity index is 1200. The lowest BCUT2D eigenvalue weighted by Gasteiger charge is -2.25. The van der Waals surface area contributed by atoms with Crippen LogP contribution >= 0.6 is 0 Å². The molecule has 0 saturated heterocycles. The zero-order valence-corrected chi connectivity index (χ0v) is 22.5. The second-order valence-electron chi connectivity index (χ2n) is 9.26. The van der Waals surface area contributed by atoms with Crippen molar-refractivity contribution >= 4 is 10.0 Å². The van der Waals surface area contributed by atoms with Crippen molar-refractivity contribution in [3.05, 3.63) is 71.7 Å². The van der Waals surface area contributed by atoms with Crippen molar-refractivity contribution in [3.63, 3.8) is 0 Å². The molecule has 1 heterocycles. The van der Waals surface area contributed by atoms with Crippen molar-refractivity contribution < 1.29 is 17.2 Å². The fourth-order valence-corrected chi connectivity index (χ4v) is 5.10. The monoisotopic (exact) mass is 505 g/mol. The molecule has 1 aliphatic carbocycles. The molecule has 4 rings (SSSR count). The summed E-state index contributed by atoms with van der Waals surface area (Å²) in [4.78, 5) is 0.222. The zero-order chi connectivity index (χ0) is 26.4. The molecule has 0 spiro atoms. The van der Waals surface area contributed by atoms with E-state index in [2.05, 4.69) is 9.82 Å². The predicted molar refractivity (Wildman–Crippen MR) is 138 cm³/mol. The summed E-state index contributed by atoms with van der Waals surface area (Å²) in [6, 6.07) is 12.9. The molecule has 1 aromatic heterocycles. The number of sulfonamides is 1. The average molecular weight is 506 g/mol. The Morgan fingerprint density at radius 2 is 1.60 bits per heavy atom. The highest BCUT2D eigenvalue weighted by atomic mass is 32.2. The van der Waals surface area contributed by atoms with Gasteiger partial charge >= 0.3 is 0 Å². The largest absolute Gasteiger partial charge is 0.259 e. The zero-order valence-electron chi connectivity index (χ0n) is 21.6. The number of aromatic nitrogens is 2. The van der Waals surface area contributed by atoms with Crippen LogP contribution in [0.4, 0.5) is 8.78 Å². The van der Waals surface area contributed by atoms with Crippen molar-refractivity contribution in [1.82, 2.24) is 14.5 Å². The Morgan fingerprint density at radius 1 is 1.03 bits per heavy atom. The van der Waals surface area contributed by atoms with Crippen LogP contribution in [-0.2, 0) is 15.6 Å². The molecule has 1 unspecified atom stereocenters. The third-order valence-corrected chi connectivity index (χ3v) is 7.06. The van der Waals surface area contributed by atoms with E-state index in [1.807, 2.05) is 41.5 Å². The first-order valence-electron chi connectivity index (χ1n) is 11.9. The topological polar surface area (TPSA) is 64.0 Å². The molecule has 0 bridgehead atoms. The number of nitrogens with zero attached hydrogens (tertiary/aromatic N) is 2. The number of rotatable bonds is 6. The Hall–Kier alpha value is -2.58. The first-order valence-corrected chi connectivity index (χ1v) is 13.4. The molecule has 5 nitrogen and oxygen atoms in total. The molecular weight excluding hydrogens is 468 g/mol. The van der Waals surface area contributed by atoms with Crippen molar-refractivity contribution in [2.75, 3.05) is 7.18 Å². The maximum atomic E-state index is 14.8. The normalized spacial score (nSPS) is 14.3. The minimum Gasteiger partial charge on any atom is -0.259 e. The smallest absolute Gasteiger partial charge is 0.241 e. The van der Waals surface area contributed by atoms with E-state index in [1.165, 1.54) is 6.07 Å². The molecule has 0 aliphatic heterocycles. The molecule has 1 aliphatic rings. The Labute approximate surface area is 208 Å². The number of hydrogen-bond acceptors (Lipinski definition) is 3. The van der Waals surface area contributed by atoms with Gasteiger partial charge in [-0.25, -0.2) is 17.5 Å². The van der Waals surface area contributed by atoms with Gasteiger partial charge in [-0.1, -0.05) is 43.7 Å². The molecule has 1 N–H and O–H groups in total. The van der Waals surface area contributed by atoms with E-state index in [0.29, 0.717) is 24.0 Å². The summed E-state index contributed by atoms with van der Waals surface area (Å²) in [6.45, 7) is 11.9. The Balaban J connectivity index is 0.00000103. The molecule has 0 radical (unpaired) electrons. The van der Waals surface area contributed by atoms with Gasteiger partial charge in [0, 0.05) is 11.1 Å². The highest BCUT2D eigenvalue weighted by Crippen LogP contribution is 2.45. The van der Waals surface area contributed by atoms with Crippen LogP contribution in [0.3, 0.4) is 0 Å². The van der Waals surface area contributed by atoms with Crippen LogP contribution in [0.2, 0.25) is 0 Å². The first-order chi connectivity index (χ1) is 16.6. The molecule has 8 heteroatoms. The van der Waals surface area contributed by atoms with Gasteiger partial charge < -0.3 is 0 Å². The molecular formula is C27H37F2N3O2S. The van der Waals surface area contributed by atoms with Gasteiger partial charge in [0.1, 0.15) is 5.82 Å². The van der Waals surface area contributed by atoms with Gasteiger partial charge in [0.15, 0.2) is 0 Å². The van der Waals surface area contributed by atoms with Gasteiger partial charge in [-0.05, 0) is 70.7 Å². The van der Waals surface area contributed by atoms with E-state index in [0.717, 1.165) is 18.4 Å². The minimum absolute atomic E-state index is 0.156. The number of halogens is 2. The molecule has 2 aromatic carbocycles. The van der Waals surface area contributed by atoms with Crippen LogP contribution in [0.25, 0.3) is 11.3 Å². The summed E-state index contributed by atoms with van der Waals surface area (Å²) < 4.78 is 55.4. The summed E-state index contributed by atoms with van der Waals surface area (Å²) in [5, 5.41) is 4.57. The summed E-state index contributed by atoms with van der Waals surface area (Å²) >= 11 is 0. The van der Waals surface area contributed by atoms with Crippen molar-refractivity contribution in [2.24, 2.45) is 5.92 Å². The van der Waals surface area contributed by atoms with Crippen LogP contribution in [0.1, 0.15) is 64.6 Å². The fraction of sp³-hybridized carbons (Fsp3) is 0.444. The lowest BCUT2D eigenvalue weighted by molar-refractivity contribution is 0.359. The summed E-state index contributed by atoms with van der Waals surface area (Å²) in [5.41, 5.74) is 2.34. The Morgan fingerprint density at radius 3 is 2.11 bits per heavy atom. The van der Waals surface area contributed by atoms with Crippen LogP contribution in [0, 0.1) is 18.7 Å². The minimum atomic E-state index is -3.75. The SMILES string of the molecule is CC.CF.Cc1ccc(S(=O)(=O)NC(c2cnn(C(C)(C)C)c2-c2ccccc2F)C2CC2)cc1. The van der Waals surface area contributed by atoms with E-state index in [9.17, 15) is 17.2 Å². The van der Waals surface area contributed by atoms with Gasteiger partial charge in [0.25, 0.3) is 0 Å². The first kappa shape index (κ1) is 28.7. The van der Waals surface area contributed by atoms with E-state index >= 15 is 0 Å². The van der Waals surface area contributed by atoms with Gasteiger partial charge in [-0.3, -0.25) is 9.07 Å². The fourth-order valence-electron chi connectivity index (χ4n) is 3.82. The van der Waals surface area contributed by atoms with Gasteiger partial charge in [-0.2, -0.15) is 5.10 Å². The lowest BCUT2D eigenvalue weighted by Crippen LogP contribution is -2.31. The molecule has 1 saturated carbocycles. The summed E-state index contributed by atoms with van der Waals surface area (Å²) in [5.74, 6) is -0.200. The molecule has 1 fully saturated rings. The maximum absolute atomic E-state index is 14.8. The van der Waals surface area contributed by atoms with E-state index in [1.54, 1.807) is 53.3 Å². The van der Waals surface area contributed by atoms with Crippen molar-refractivity contribution in [3.8, 4) is 11.3 Å². The number of aryl methyl sites for hydroxylation is 1. The van der Waals surface area contributed by atoms with Crippen LogP contribution in [-0.4, -0.2) is 25.4 Å². The van der Waals surface area contributed by atoms with Gasteiger partial charge in [0.05, 0.1) is 35.5 Å². The quantitative estimate of drug-likeness (QED) is 0.401. The molecule has 35 heavy (non-hydrogen) atoms. The Kier molecular flexibility index (Phi) is 9.75. The molecule has 1 atom stereocenters. The predicted octanol–water partition coefficient (Wildman–Crippen LogP) is 6.79.